The van der Waals surface area contributed by atoms with Gasteiger partial charge in [-0.3, -0.25) is 4.79 Å². The summed E-state index contributed by atoms with van der Waals surface area (Å²) in [5.41, 5.74) is 3.94. The van der Waals surface area contributed by atoms with Crippen molar-refractivity contribution in [3.8, 4) is 0 Å². The lowest BCUT2D eigenvalue weighted by Gasteiger charge is -2.49. The molecule has 152 valence electrons. The number of carbonyl (C=O) groups excluding carboxylic acids is 1. The number of allylic oxidation sites excluding steroid dienone is 2. The predicted octanol–water partition coefficient (Wildman–Crippen LogP) is 4.05. The second kappa shape index (κ2) is 6.95. The van der Waals surface area contributed by atoms with Crippen LogP contribution >= 0.6 is 0 Å². The number of fused-ring (bicyclic) bond motifs is 5. The summed E-state index contributed by atoms with van der Waals surface area (Å²) >= 11 is 0. The van der Waals surface area contributed by atoms with Gasteiger partial charge in [0.2, 0.25) is 0 Å². The molecule has 0 aliphatic carbocycles. The predicted molar refractivity (Wildman–Crippen MR) is 108 cm³/mol. The van der Waals surface area contributed by atoms with Gasteiger partial charge in [0.05, 0.1) is 25.4 Å². The summed E-state index contributed by atoms with van der Waals surface area (Å²) < 4.78 is 18.7. The zero-order valence-corrected chi connectivity index (χ0v) is 16.7. The van der Waals surface area contributed by atoms with Gasteiger partial charge in [-0.1, -0.05) is 0 Å². The van der Waals surface area contributed by atoms with E-state index in [4.69, 9.17) is 14.2 Å². The summed E-state index contributed by atoms with van der Waals surface area (Å²) in [5, 5.41) is 0. The molecule has 4 atom stereocenters. The molecule has 0 saturated carbocycles. The highest BCUT2D eigenvalue weighted by atomic mass is 16.7. The molecule has 3 aliphatic rings. The molecule has 5 heterocycles. The first-order valence-corrected chi connectivity index (χ1v) is 10.2. The van der Waals surface area contributed by atoms with Crippen molar-refractivity contribution in [2.75, 3.05) is 7.11 Å². The lowest BCUT2D eigenvalue weighted by Crippen LogP contribution is -2.53. The summed E-state index contributed by atoms with van der Waals surface area (Å²) in [6.07, 6.45) is 8.17. The molecule has 2 bridgehead atoms. The number of ether oxygens (including phenoxy) is 3. The molecular formula is C23H26N2O4. The van der Waals surface area contributed by atoms with Gasteiger partial charge in [-0.15, -0.1) is 0 Å². The van der Waals surface area contributed by atoms with Crippen molar-refractivity contribution < 1.29 is 19.0 Å². The summed E-state index contributed by atoms with van der Waals surface area (Å²) in [6, 6.07) is 8.10. The van der Waals surface area contributed by atoms with Gasteiger partial charge in [0.1, 0.15) is 5.78 Å². The third kappa shape index (κ3) is 3.02. The molecule has 2 unspecified atom stereocenters. The molecule has 0 radical (unpaired) electrons. The monoisotopic (exact) mass is 394 g/mol. The Balaban J connectivity index is 1.62. The van der Waals surface area contributed by atoms with Crippen molar-refractivity contribution in [3.05, 3.63) is 65.6 Å². The number of aromatic nitrogens is 2. The van der Waals surface area contributed by atoms with Gasteiger partial charge in [-0.2, -0.15) is 0 Å². The molecule has 0 amide bonds. The third-order valence-electron chi connectivity index (χ3n) is 6.28. The fourth-order valence-electron chi connectivity index (χ4n) is 5.06. The van der Waals surface area contributed by atoms with Crippen LogP contribution in [0.1, 0.15) is 49.2 Å². The largest absolute Gasteiger partial charge is 0.494 e. The number of ketones is 1. The number of rotatable bonds is 2. The average Bonchev–Trinajstić information content (AvgIpc) is 3.39. The Morgan fingerprint density at radius 3 is 2.93 bits per heavy atom. The molecule has 2 N–H and O–H groups in total. The highest BCUT2D eigenvalue weighted by Gasteiger charge is 2.57. The molecule has 6 heteroatoms. The Morgan fingerprint density at radius 1 is 1.24 bits per heavy atom. The van der Waals surface area contributed by atoms with Gasteiger partial charge < -0.3 is 24.2 Å². The molecule has 0 aromatic carbocycles. The highest BCUT2D eigenvalue weighted by molar-refractivity contribution is 5.79. The first-order valence-electron chi connectivity index (χ1n) is 10.2. The first-order chi connectivity index (χ1) is 14.1. The van der Waals surface area contributed by atoms with E-state index < -0.39 is 5.79 Å². The van der Waals surface area contributed by atoms with E-state index in [0.29, 0.717) is 24.4 Å². The second-order valence-electron chi connectivity index (χ2n) is 8.24. The van der Waals surface area contributed by atoms with Gasteiger partial charge >= 0.3 is 0 Å². The van der Waals surface area contributed by atoms with Crippen molar-refractivity contribution in [1.29, 1.82) is 0 Å². The normalized spacial score (nSPS) is 31.7. The van der Waals surface area contributed by atoms with Crippen LogP contribution in [0.2, 0.25) is 0 Å². The number of aryl methyl sites for hydroxylation is 1. The fraction of sp³-hybridized carbons (Fsp3) is 0.435. The van der Waals surface area contributed by atoms with Crippen LogP contribution in [0.5, 0.6) is 0 Å². The highest BCUT2D eigenvalue weighted by Crippen LogP contribution is 2.52. The van der Waals surface area contributed by atoms with Gasteiger partial charge in [-0.25, -0.2) is 0 Å². The molecule has 5 rings (SSSR count). The van der Waals surface area contributed by atoms with Crippen LogP contribution in [0.3, 0.4) is 0 Å². The minimum Gasteiger partial charge on any atom is -0.494 e. The Bertz CT molecular complexity index is 971. The van der Waals surface area contributed by atoms with E-state index in [-0.39, 0.29) is 17.9 Å². The van der Waals surface area contributed by atoms with Crippen LogP contribution in [-0.4, -0.2) is 34.8 Å². The van der Waals surface area contributed by atoms with E-state index in [1.165, 1.54) is 0 Å². The lowest BCUT2D eigenvalue weighted by molar-refractivity contribution is -0.270. The van der Waals surface area contributed by atoms with Gasteiger partial charge in [0.25, 0.3) is 5.79 Å². The van der Waals surface area contributed by atoms with Crippen molar-refractivity contribution >= 4 is 11.4 Å². The minimum absolute atomic E-state index is 0.0572. The van der Waals surface area contributed by atoms with E-state index in [1.807, 2.05) is 31.3 Å². The Labute approximate surface area is 169 Å². The van der Waals surface area contributed by atoms with Crippen LogP contribution in [0, 0.1) is 5.92 Å². The standard InChI is InChI=1S/C23H26N2O4/c1-14-10-15-11-18(26)7-5-17-6-8-20(25-17)22(15)23(29-14)21(27-2)12-16(13-28-23)19-4-3-9-24-19/h3-4,6,8-9,12-15,22,24-25H,5,7,10-11H2,1-2H3/t14?,15-,22+,23?/m1/s1. The molecule has 6 nitrogen and oxygen atoms in total. The van der Waals surface area contributed by atoms with Crippen LogP contribution in [-0.2, 0) is 25.4 Å². The number of H-pyrrole nitrogens is 2. The average molecular weight is 394 g/mol. The Hall–Kier alpha value is -2.73. The molecule has 1 spiro atoms. The van der Waals surface area contributed by atoms with E-state index >= 15 is 0 Å². The number of hydrogen-bond acceptors (Lipinski definition) is 4. The molecule has 29 heavy (non-hydrogen) atoms. The van der Waals surface area contributed by atoms with Crippen LogP contribution in [0.25, 0.3) is 5.57 Å². The van der Waals surface area contributed by atoms with Gasteiger partial charge in [-0.05, 0) is 56.0 Å². The molecule has 2 aromatic rings. The van der Waals surface area contributed by atoms with Crippen molar-refractivity contribution in [2.24, 2.45) is 5.92 Å². The number of carbonyl (C=O) groups is 1. The number of aromatic amines is 2. The SMILES string of the molecule is COC1=CC(c2ccc[nH]2)=COC12OC(C)C[C@@H]1CC(=O)CCc3ccc([nH]3)[C@H]12. The van der Waals surface area contributed by atoms with E-state index in [1.54, 1.807) is 13.4 Å². The molecular weight excluding hydrogens is 368 g/mol. The summed E-state index contributed by atoms with van der Waals surface area (Å²) in [7, 11) is 1.65. The lowest BCUT2D eigenvalue weighted by atomic mass is 9.73. The fourth-order valence-corrected chi connectivity index (χ4v) is 5.06. The van der Waals surface area contributed by atoms with Crippen molar-refractivity contribution in [1.82, 2.24) is 9.97 Å². The van der Waals surface area contributed by atoms with Crippen LogP contribution in [0.4, 0.5) is 0 Å². The topological polar surface area (TPSA) is 76.3 Å². The van der Waals surface area contributed by atoms with Crippen LogP contribution in [0.15, 0.2) is 48.6 Å². The molecule has 3 aliphatic heterocycles. The minimum atomic E-state index is -1.10. The zero-order chi connectivity index (χ0) is 20.0. The smallest absolute Gasteiger partial charge is 0.277 e. The van der Waals surface area contributed by atoms with Gasteiger partial charge in [0.15, 0.2) is 5.76 Å². The number of Topliss-reactive ketones (excluding diaryl/α,β-unsaturated/α-hetero) is 1. The van der Waals surface area contributed by atoms with Crippen LogP contribution < -0.4 is 0 Å². The molecule has 1 fully saturated rings. The van der Waals surface area contributed by atoms with Gasteiger partial charge in [0, 0.05) is 41.7 Å². The number of nitrogens with one attached hydrogen (secondary N) is 2. The number of hydrogen-bond donors (Lipinski definition) is 2. The quantitative estimate of drug-likeness (QED) is 0.806. The molecule has 1 saturated heterocycles. The molecule has 2 aromatic heterocycles. The third-order valence-corrected chi connectivity index (χ3v) is 6.28. The summed E-state index contributed by atoms with van der Waals surface area (Å²) in [6.45, 7) is 2.04. The first kappa shape index (κ1) is 18.3. The number of methoxy groups -OCH3 is 1. The van der Waals surface area contributed by atoms with E-state index in [9.17, 15) is 4.79 Å². The van der Waals surface area contributed by atoms with Crippen molar-refractivity contribution in [2.45, 2.75) is 50.4 Å². The zero-order valence-electron chi connectivity index (χ0n) is 16.7. The Kier molecular flexibility index (Phi) is 4.39. The summed E-state index contributed by atoms with van der Waals surface area (Å²) in [5.74, 6) is -0.243. The maximum Gasteiger partial charge on any atom is 0.277 e. The van der Waals surface area contributed by atoms with E-state index in [0.717, 1.165) is 35.5 Å². The summed E-state index contributed by atoms with van der Waals surface area (Å²) in [4.78, 5) is 19.4. The second-order valence-corrected chi connectivity index (χ2v) is 8.24. The Morgan fingerprint density at radius 2 is 2.14 bits per heavy atom. The van der Waals surface area contributed by atoms with E-state index in [2.05, 4.69) is 22.1 Å². The van der Waals surface area contributed by atoms with Crippen molar-refractivity contribution in [3.63, 3.8) is 0 Å². The maximum atomic E-state index is 12.6. The maximum absolute atomic E-state index is 12.6.